The molecule has 0 aliphatic carbocycles. The number of nitrogens with one attached hydrogen (secondary N) is 1. The van der Waals surface area contributed by atoms with E-state index in [1.165, 1.54) is 0 Å². The Bertz CT molecular complexity index is 1020. The summed E-state index contributed by atoms with van der Waals surface area (Å²) in [6.45, 7) is 3.83. The van der Waals surface area contributed by atoms with Gasteiger partial charge in [0.1, 0.15) is 5.75 Å². The summed E-state index contributed by atoms with van der Waals surface area (Å²) in [5, 5.41) is 3.25. The molecule has 0 unspecified atom stereocenters. The zero-order valence-electron chi connectivity index (χ0n) is 16.3. The summed E-state index contributed by atoms with van der Waals surface area (Å²) in [7, 11) is 0. The molecule has 0 spiro atoms. The average molecular weight is 408 g/mol. The fourth-order valence-electron chi connectivity index (χ4n) is 2.95. The molecule has 1 N–H and O–H groups in total. The molecule has 0 saturated heterocycles. The van der Waals surface area contributed by atoms with Crippen molar-refractivity contribution in [2.24, 2.45) is 0 Å². The summed E-state index contributed by atoms with van der Waals surface area (Å²) in [6, 6.07) is 21.2. The number of hydrogen-bond donors (Lipinski definition) is 1. The summed E-state index contributed by atoms with van der Waals surface area (Å²) in [6.07, 6.45) is -0.206. The molecule has 0 aliphatic heterocycles. The molecule has 0 bridgehead atoms. The van der Waals surface area contributed by atoms with E-state index in [4.69, 9.17) is 16.3 Å². The first kappa shape index (κ1) is 20.6. The number of ketones is 1. The van der Waals surface area contributed by atoms with E-state index in [1.54, 1.807) is 42.5 Å². The Morgan fingerprint density at radius 1 is 1.00 bits per heavy atom. The Morgan fingerprint density at radius 2 is 1.76 bits per heavy atom. The van der Waals surface area contributed by atoms with Crippen molar-refractivity contribution in [3.63, 3.8) is 0 Å². The highest BCUT2D eigenvalue weighted by molar-refractivity contribution is 6.31. The van der Waals surface area contributed by atoms with Crippen LogP contribution in [0.25, 0.3) is 0 Å². The Hall–Kier alpha value is -3.11. The second-order valence-corrected chi connectivity index (χ2v) is 7.14. The zero-order chi connectivity index (χ0) is 20.8. The summed E-state index contributed by atoms with van der Waals surface area (Å²) in [5.74, 6) is 0.0955. The van der Waals surface area contributed by atoms with E-state index in [9.17, 15) is 9.59 Å². The molecular weight excluding hydrogens is 386 g/mol. The number of amides is 1. The largest absolute Gasteiger partial charge is 0.481 e. The maximum atomic E-state index is 12.9. The van der Waals surface area contributed by atoms with Crippen LogP contribution in [0.2, 0.25) is 5.02 Å². The van der Waals surface area contributed by atoms with Gasteiger partial charge in [-0.3, -0.25) is 9.59 Å². The quantitative estimate of drug-likeness (QED) is 0.513. The van der Waals surface area contributed by atoms with Crippen molar-refractivity contribution < 1.29 is 14.3 Å². The molecule has 0 heterocycles. The standard InChI is InChI=1S/C24H22ClNO3/c1-3-22(29-19-11-7-8-16(2)14-19)24(28)26-21-13-12-18(25)15-20(21)23(27)17-9-5-4-6-10-17/h4-15,22H,3H2,1-2H3,(H,26,28)/t22-/m1/s1. The van der Waals surface area contributed by atoms with Crippen molar-refractivity contribution in [1.82, 2.24) is 0 Å². The molecule has 0 radical (unpaired) electrons. The third kappa shape index (κ3) is 5.24. The van der Waals surface area contributed by atoms with Crippen LogP contribution in [-0.4, -0.2) is 17.8 Å². The molecular formula is C24H22ClNO3. The maximum absolute atomic E-state index is 12.9. The van der Waals surface area contributed by atoms with Gasteiger partial charge < -0.3 is 10.1 Å². The molecule has 1 atom stereocenters. The molecule has 0 saturated carbocycles. The Kier molecular flexibility index (Phi) is 6.68. The minimum absolute atomic E-state index is 0.212. The summed E-state index contributed by atoms with van der Waals surface area (Å²) in [4.78, 5) is 25.8. The second-order valence-electron chi connectivity index (χ2n) is 6.71. The van der Waals surface area contributed by atoms with E-state index in [-0.39, 0.29) is 11.7 Å². The lowest BCUT2D eigenvalue weighted by molar-refractivity contribution is -0.122. The third-order valence-corrected chi connectivity index (χ3v) is 4.69. The fourth-order valence-corrected chi connectivity index (χ4v) is 3.12. The number of ether oxygens (including phenoxy) is 1. The number of halogens is 1. The van der Waals surface area contributed by atoms with Crippen molar-refractivity contribution in [2.45, 2.75) is 26.4 Å². The van der Waals surface area contributed by atoms with Gasteiger partial charge in [-0.2, -0.15) is 0 Å². The molecule has 1 amide bonds. The van der Waals surface area contributed by atoms with Gasteiger partial charge in [0.2, 0.25) is 0 Å². The van der Waals surface area contributed by atoms with Crippen molar-refractivity contribution in [3.05, 3.63) is 94.5 Å². The van der Waals surface area contributed by atoms with Gasteiger partial charge in [-0.05, 0) is 49.2 Å². The number of hydrogen-bond acceptors (Lipinski definition) is 3. The molecule has 0 fully saturated rings. The van der Waals surface area contributed by atoms with Crippen molar-refractivity contribution >= 4 is 29.0 Å². The summed E-state index contributed by atoms with van der Waals surface area (Å²) < 4.78 is 5.86. The van der Waals surface area contributed by atoms with Gasteiger partial charge in [-0.15, -0.1) is 0 Å². The minimum Gasteiger partial charge on any atom is -0.481 e. The van der Waals surface area contributed by atoms with E-state index >= 15 is 0 Å². The topological polar surface area (TPSA) is 55.4 Å². The first-order valence-electron chi connectivity index (χ1n) is 9.41. The first-order valence-corrected chi connectivity index (χ1v) is 9.79. The molecule has 3 aromatic rings. The first-order chi connectivity index (χ1) is 14.0. The fraction of sp³-hybridized carbons (Fsp3) is 0.167. The number of carbonyl (C=O) groups excluding carboxylic acids is 2. The van der Waals surface area contributed by atoms with Crippen LogP contribution in [0.15, 0.2) is 72.8 Å². The SMILES string of the molecule is CC[C@@H](Oc1cccc(C)c1)C(=O)Nc1ccc(Cl)cc1C(=O)c1ccccc1. The Labute approximate surface area is 175 Å². The number of anilines is 1. The van der Waals surface area contributed by atoms with Crippen LogP contribution < -0.4 is 10.1 Å². The lowest BCUT2D eigenvalue weighted by Gasteiger charge is -2.19. The van der Waals surface area contributed by atoms with Crippen LogP contribution >= 0.6 is 11.6 Å². The van der Waals surface area contributed by atoms with E-state index in [1.807, 2.05) is 44.2 Å². The summed E-state index contributed by atoms with van der Waals surface area (Å²) >= 11 is 6.11. The van der Waals surface area contributed by atoms with E-state index in [0.29, 0.717) is 34.0 Å². The van der Waals surface area contributed by atoms with Crippen LogP contribution in [0.5, 0.6) is 5.75 Å². The highest BCUT2D eigenvalue weighted by atomic mass is 35.5. The van der Waals surface area contributed by atoms with Crippen LogP contribution in [-0.2, 0) is 4.79 Å². The van der Waals surface area contributed by atoms with E-state index < -0.39 is 6.10 Å². The van der Waals surface area contributed by atoms with Crippen molar-refractivity contribution in [1.29, 1.82) is 0 Å². The second kappa shape index (κ2) is 9.39. The van der Waals surface area contributed by atoms with Gasteiger partial charge in [0, 0.05) is 16.1 Å². The van der Waals surface area contributed by atoms with Crippen LogP contribution in [0, 0.1) is 6.92 Å². The van der Waals surface area contributed by atoms with Gasteiger partial charge in [-0.1, -0.05) is 61.0 Å². The monoisotopic (exact) mass is 407 g/mol. The molecule has 3 aromatic carbocycles. The third-order valence-electron chi connectivity index (χ3n) is 4.45. The lowest BCUT2D eigenvalue weighted by atomic mass is 10.0. The molecule has 0 aromatic heterocycles. The van der Waals surface area contributed by atoms with Crippen LogP contribution in [0.1, 0.15) is 34.8 Å². The summed E-state index contributed by atoms with van der Waals surface area (Å²) in [5.41, 5.74) is 2.31. The van der Waals surface area contributed by atoms with Crippen molar-refractivity contribution in [2.75, 3.05) is 5.32 Å². The van der Waals surface area contributed by atoms with Gasteiger partial charge in [-0.25, -0.2) is 0 Å². The van der Waals surface area contributed by atoms with E-state index in [0.717, 1.165) is 5.56 Å². The van der Waals surface area contributed by atoms with Crippen molar-refractivity contribution in [3.8, 4) is 5.75 Å². The number of benzene rings is 3. The lowest BCUT2D eigenvalue weighted by Crippen LogP contribution is -2.33. The predicted octanol–water partition coefficient (Wildman–Crippen LogP) is 5.68. The number of aryl methyl sites for hydroxylation is 1. The van der Waals surface area contributed by atoms with Gasteiger partial charge in [0.25, 0.3) is 5.91 Å². The van der Waals surface area contributed by atoms with Crippen LogP contribution in [0.3, 0.4) is 0 Å². The predicted molar refractivity (Wildman–Crippen MR) is 116 cm³/mol. The highest BCUT2D eigenvalue weighted by Crippen LogP contribution is 2.25. The molecule has 29 heavy (non-hydrogen) atoms. The van der Waals surface area contributed by atoms with Gasteiger partial charge in [0.05, 0.1) is 5.69 Å². The molecule has 148 valence electrons. The van der Waals surface area contributed by atoms with Crippen LogP contribution in [0.4, 0.5) is 5.69 Å². The minimum atomic E-state index is -0.688. The van der Waals surface area contributed by atoms with Gasteiger partial charge >= 0.3 is 0 Å². The van der Waals surface area contributed by atoms with Gasteiger partial charge in [0.15, 0.2) is 11.9 Å². The maximum Gasteiger partial charge on any atom is 0.265 e. The molecule has 3 rings (SSSR count). The molecule has 0 aliphatic rings. The Balaban J connectivity index is 1.83. The smallest absolute Gasteiger partial charge is 0.265 e. The molecule has 5 heteroatoms. The number of rotatable bonds is 7. The number of carbonyl (C=O) groups is 2. The zero-order valence-corrected chi connectivity index (χ0v) is 17.1. The average Bonchev–Trinajstić information content (AvgIpc) is 2.73. The Morgan fingerprint density at radius 3 is 2.45 bits per heavy atom. The normalized spacial score (nSPS) is 11.6. The molecule has 4 nitrogen and oxygen atoms in total. The highest BCUT2D eigenvalue weighted by Gasteiger charge is 2.22. The van der Waals surface area contributed by atoms with E-state index in [2.05, 4.69) is 5.32 Å².